The fourth-order valence-corrected chi connectivity index (χ4v) is 3.44. The van der Waals surface area contributed by atoms with Crippen molar-refractivity contribution < 1.29 is 14.1 Å². The molecule has 0 radical (unpaired) electrons. The third-order valence-corrected chi connectivity index (χ3v) is 4.61. The topological polar surface area (TPSA) is 38.5 Å². The molecule has 122 valence electrons. The van der Waals surface area contributed by atoms with E-state index in [1.54, 1.807) is 12.1 Å². The average Bonchev–Trinajstić information content (AvgIpc) is 3.10. The van der Waals surface area contributed by atoms with Gasteiger partial charge in [-0.3, -0.25) is 4.79 Å². The smallest absolute Gasteiger partial charge is 0.279 e. The van der Waals surface area contributed by atoms with Crippen LogP contribution in [0.15, 0.2) is 36.5 Å². The number of aromatic nitrogens is 1. The van der Waals surface area contributed by atoms with Gasteiger partial charge >= 0.3 is 0 Å². The van der Waals surface area contributed by atoms with E-state index >= 15 is 0 Å². The SMILES string of the molecule is Cc1ccc(NC(=O)C[NH+]2CCC[C@H]2c2cccn2C)c(F)c1. The van der Waals surface area contributed by atoms with Crippen LogP contribution in [0.3, 0.4) is 0 Å². The monoisotopic (exact) mass is 316 g/mol. The second-order valence-electron chi connectivity index (χ2n) is 6.36. The normalized spacial score (nSPS) is 20.7. The fourth-order valence-electron chi connectivity index (χ4n) is 3.44. The number of rotatable bonds is 4. The van der Waals surface area contributed by atoms with Gasteiger partial charge in [-0.1, -0.05) is 6.07 Å². The molecule has 1 aromatic carbocycles. The number of nitrogens with zero attached hydrogens (tertiary/aromatic N) is 1. The quantitative estimate of drug-likeness (QED) is 0.887. The van der Waals surface area contributed by atoms with Crippen molar-refractivity contribution in [3.05, 3.63) is 53.6 Å². The number of nitrogens with one attached hydrogen (secondary N) is 2. The lowest BCUT2D eigenvalue weighted by molar-refractivity contribution is -0.910. The molecule has 1 saturated heterocycles. The molecular formula is C18H23FN3O+. The maximum absolute atomic E-state index is 13.9. The number of hydrogen-bond donors (Lipinski definition) is 2. The van der Waals surface area contributed by atoms with Gasteiger partial charge in [-0.2, -0.15) is 0 Å². The highest BCUT2D eigenvalue weighted by Gasteiger charge is 2.33. The predicted octanol–water partition coefficient (Wildman–Crippen LogP) is 1.83. The summed E-state index contributed by atoms with van der Waals surface area (Å²) in [5.41, 5.74) is 2.36. The predicted molar refractivity (Wildman–Crippen MR) is 87.9 cm³/mol. The number of carbonyl (C=O) groups is 1. The highest BCUT2D eigenvalue weighted by atomic mass is 19.1. The van der Waals surface area contributed by atoms with Crippen molar-refractivity contribution >= 4 is 11.6 Å². The van der Waals surface area contributed by atoms with E-state index in [2.05, 4.69) is 16.0 Å². The van der Waals surface area contributed by atoms with E-state index in [1.807, 2.05) is 26.2 Å². The van der Waals surface area contributed by atoms with E-state index in [9.17, 15) is 9.18 Å². The molecule has 1 aliphatic heterocycles. The second-order valence-corrected chi connectivity index (χ2v) is 6.36. The van der Waals surface area contributed by atoms with E-state index in [-0.39, 0.29) is 17.4 Å². The molecular weight excluding hydrogens is 293 g/mol. The first-order chi connectivity index (χ1) is 11.0. The molecule has 0 spiro atoms. The van der Waals surface area contributed by atoms with Crippen LogP contribution in [0, 0.1) is 12.7 Å². The van der Waals surface area contributed by atoms with Crippen LogP contribution < -0.4 is 10.2 Å². The average molecular weight is 316 g/mol. The van der Waals surface area contributed by atoms with Gasteiger partial charge in [0.15, 0.2) is 6.54 Å². The van der Waals surface area contributed by atoms with Gasteiger partial charge in [-0.05, 0) is 36.8 Å². The zero-order valence-corrected chi connectivity index (χ0v) is 13.6. The van der Waals surface area contributed by atoms with E-state index in [0.717, 1.165) is 24.9 Å². The van der Waals surface area contributed by atoms with Gasteiger partial charge < -0.3 is 14.8 Å². The van der Waals surface area contributed by atoms with E-state index in [0.29, 0.717) is 12.6 Å². The van der Waals surface area contributed by atoms with Gasteiger partial charge in [0.25, 0.3) is 5.91 Å². The molecule has 3 rings (SSSR count). The molecule has 23 heavy (non-hydrogen) atoms. The van der Waals surface area contributed by atoms with Crippen molar-refractivity contribution in [3.63, 3.8) is 0 Å². The maximum Gasteiger partial charge on any atom is 0.279 e. The van der Waals surface area contributed by atoms with Crippen LogP contribution in [-0.2, 0) is 11.8 Å². The summed E-state index contributed by atoms with van der Waals surface area (Å²) in [6.45, 7) is 3.16. The summed E-state index contributed by atoms with van der Waals surface area (Å²) in [5, 5.41) is 2.70. The number of aryl methyl sites for hydroxylation is 2. The van der Waals surface area contributed by atoms with Crippen molar-refractivity contribution in [2.75, 3.05) is 18.4 Å². The number of hydrogen-bond acceptors (Lipinski definition) is 1. The van der Waals surface area contributed by atoms with Gasteiger partial charge in [-0.15, -0.1) is 0 Å². The molecule has 1 amide bonds. The van der Waals surface area contributed by atoms with Crippen LogP contribution in [0.5, 0.6) is 0 Å². The molecule has 2 heterocycles. The Morgan fingerprint density at radius 2 is 2.26 bits per heavy atom. The molecule has 4 nitrogen and oxygen atoms in total. The van der Waals surface area contributed by atoms with Crippen LogP contribution in [0.1, 0.15) is 30.1 Å². The van der Waals surface area contributed by atoms with Crippen molar-refractivity contribution in [2.24, 2.45) is 7.05 Å². The van der Waals surface area contributed by atoms with Crippen LogP contribution in [0.25, 0.3) is 0 Å². The molecule has 5 heteroatoms. The Morgan fingerprint density at radius 3 is 2.96 bits per heavy atom. The second kappa shape index (κ2) is 6.54. The number of halogens is 1. The first-order valence-electron chi connectivity index (χ1n) is 8.06. The summed E-state index contributed by atoms with van der Waals surface area (Å²) < 4.78 is 16.0. The third-order valence-electron chi connectivity index (χ3n) is 4.61. The molecule has 0 aliphatic carbocycles. The van der Waals surface area contributed by atoms with Gasteiger partial charge in [0.05, 0.1) is 17.9 Å². The molecule has 0 saturated carbocycles. The number of likely N-dealkylation sites (tertiary alicyclic amines) is 1. The summed E-state index contributed by atoms with van der Waals surface area (Å²) in [5.74, 6) is -0.516. The first kappa shape index (κ1) is 15.7. The molecule has 2 aromatic rings. The van der Waals surface area contributed by atoms with Crippen LogP contribution in [-0.4, -0.2) is 23.6 Å². The molecule has 2 atom stereocenters. The summed E-state index contributed by atoms with van der Waals surface area (Å²) in [4.78, 5) is 13.5. The molecule has 1 unspecified atom stereocenters. The molecule has 0 bridgehead atoms. The Bertz CT molecular complexity index is 710. The Labute approximate surface area is 135 Å². The van der Waals surface area contributed by atoms with Crippen molar-refractivity contribution in [1.82, 2.24) is 4.57 Å². The highest BCUT2D eigenvalue weighted by Crippen LogP contribution is 2.19. The number of anilines is 1. The van der Waals surface area contributed by atoms with E-state index < -0.39 is 0 Å². The standard InChI is InChI=1S/C18H22FN3O/c1-13-7-8-15(14(19)11-13)20-18(23)12-22-10-4-6-17(22)16-5-3-9-21(16)2/h3,5,7-9,11,17H,4,6,10,12H2,1-2H3,(H,20,23)/p+1/t17-/m0/s1. The fraction of sp³-hybridized carbons (Fsp3) is 0.389. The Morgan fingerprint density at radius 1 is 1.43 bits per heavy atom. The summed E-state index contributed by atoms with van der Waals surface area (Å²) >= 11 is 0. The van der Waals surface area contributed by atoms with Gasteiger partial charge in [-0.25, -0.2) is 4.39 Å². The molecule has 1 aliphatic rings. The maximum atomic E-state index is 13.9. The minimum Gasteiger partial charge on any atom is -0.350 e. The van der Waals surface area contributed by atoms with Crippen LogP contribution >= 0.6 is 0 Å². The van der Waals surface area contributed by atoms with Gasteiger partial charge in [0, 0.05) is 26.1 Å². The largest absolute Gasteiger partial charge is 0.350 e. The van der Waals surface area contributed by atoms with Crippen LogP contribution in [0.4, 0.5) is 10.1 Å². The minimum atomic E-state index is -0.381. The Balaban J connectivity index is 1.66. The van der Waals surface area contributed by atoms with Gasteiger partial charge in [0.2, 0.25) is 0 Å². The highest BCUT2D eigenvalue weighted by molar-refractivity contribution is 5.91. The zero-order chi connectivity index (χ0) is 16.4. The van der Waals surface area contributed by atoms with Crippen molar-refractivity contribution in [2.45, 2.75) is 25.8 Å². The summed E-state index contributed by atoms with van der Waals surface area (Å²) in [6.07, 6.45) is 4.23. The van der Waals surface area contributed by atoms with E-state index in [1.165, 1.54) is 16.7 Å². The molecule has 1 aromatic heterocycles. The zero-order valence-electron chi connectivity index (χ0n) is 13.6. The third kappa shape index (κ3) is 3.45. The lowest BCUT2D eigenvalue weighted by Crippen LogP contribution is -3.11. The van der Waals surface area contributed by atoms with Crippen LogP contribution in [0.2, 0.25) is 0 Å². The van der Waals surface area contributed by atoms with Crippen molar-refractivity contribution in [1.29, 1.82) is 0 Å². The van der Waals surface area contributed by atoms with E-state index in [4.69, 9.17) is 0 Å². The Hall–Kier alpha value is -2.14. The molecule has 1 fully saturated rings. The van der Waals surface area contributed by atoms with Gasteiger partial charge in [0.1, 0.15) is 11.9 Å². The lowest BCUT2D eigenvalue weighted by Gasteiger charge is -2.21. The number of amides is 1. The van der Waals surface area contributed by atoms with Crippen molar-refractivity contribution in [3.8, 4) is 0 Å². The summed E-state index contributed by atoms with van der Waals surface area (Å²) in [6, 6.07) is 9.35. The number of quaternary nitrogens is 1. The summed E-state index contributed by atoms with van der Waals surface area (Å²) in [7, 11) is 2.03. The number of benzene rings is 1. The number of carbonyl (C=O) groups excluding carboxylic acids is 1. The molecule has 2 N–H and O–H groups in total. The Kier molecular flexibility index (Phi) is 4.48. The first-order valence-corrected chi connectivity index (χ1v) is 8.06. The minimum absolute atomic E-state index is 0.135. The lowest BCUT2D eigenvalue weighted by atomic mass is 10.1.